The van der Waals surface area contributed by atoms with Gasteiger partial charge in [-0.05, 0) is 55.3 Å². The van der Waals surface area contributed by atoms with Crippen molar-refractivity contribution < 1.29 is 28.2 Å². The average molecular weight is 510 g/mol. The minimum atomic E-state index is -0.370. The monoisotopic (exact) mass is 509 g/mol. The molecule has 0 fully saturated rings. The number of rotatable bonds is 13. The zero-order valence-electron chi connectivity index (χ0n) is 21.9. The lowest BCUT2D eigenvalue weighted by molar-refractivity contribution is -0.132. The maximum atomic E-state index is 13.5. The first-order chi connectivity index (χ1) is 17.9. The summed E-state index contributed by atoms with van der Waals surface area (Å²) in [7, 11) is 4.74. The summed E-state index contributed by atoms with van der Waals surface area (Å²) in [5.74, 6) is 2.52. The van der Waals surface area contributed by atoms with Gasteiger partial charge in [-0.25, -0.2) is 4.79 Å². The maximum absolute atomic E-state index is 13.5. The standard InChI is InChI=1S/C28H35N3O6/c1-21-10-12-24(37-21)19-30(15-14-22-11-13-25(35-3)26(18-22)36-4)27(32)20-31(16-17-34-2)28(33)29-23-8-6-5-7-9-23/h5-13,18H,14-17,19-20H2,1-4H3,(H,29,33). The fourth-order valence-corrected chi connectivity index (χ4v) is 3.79. The number of carbonyl (C=O) groups is 2. The predicted molar refractivity (Wildman–Crippen MR) is 141 cm³/mol. The number of benzene rings is 2. The maximum Gasteiger partial charge on any atom is 0.322 e. The number of methoxy groups -OCH3 is 3. The molecule has 0 atom stereocenters. The number of anilines is 1. The quantitative estimate of drug-likeness (QED) is 0.368. The van der Waals surface area contributed by atoms with Gasteiger partial charge in [-0.1, -0.05) is 24.3 Å². The molecule has 3 amide bonds. The van der Waals surface area contributed by atoms with Crippen molar-refractivity contribution in [2.75, 3.05) is 52.9 Å². The molecule has 0 aliphatic heterocycles. The summed E-state index contributed by atoms with van der Waals surface area (Å²) in [4.78, 5) is 29.7. The summed E-state index contributed by atoms with van der Waals surface area (Å²) >= 11 is 0. The van der Waals surface area contributed by atoms with Crippen molar-refractivity contribution in [3.05, 3.63) is 77.7 Å². The molecule has 3 aromatic rings. The van der Waals surface area contributed by atoms with Crippen molar-refractivity contribution in [3.63, 3.8) is 0 Å². The molecule has 2 aromatic carbocycles. The Hall–Kier alpha value is -3.98. The Morgan fingerprint density at radius 2 is 1.65 bits per heavy atom. The van der Waals surface area contributed by atoms with Gasteiger partial charge in [-0.3, -0.25) is 4.79 Å². The Morgan fingerprint density at radius 1 is 0.892 bits per heavy atom. The second-order valence-electron chi connectivity index (χ2n) is 8.48. The number of ether oxygens (including phenoxy) is 3. The zero-order chi connectivity index (χ0) is 26.6. The Balaban J connectivity index is 1.74. The summed E-state index contributed by atoms with van der Waals surface area (Å²) in [6.07, 6.45) is 0.583. The highest BCUT2D eigenvalue weighted by Crippen LogP contribution is 2.28. The lowest BCUT2D eigenvalue weighted by Gasteiger charge is -2.27. The third-order valence-corrected chi connectivity index (χ3v) is 5.82. The van der Waals surface area contributed by atoms with Crippen LogP contribution in [0.15, 0.2) is 65.1 Å². The van der Waals surface area contributed by atoms with E-state index in [4.69, 9.17) is 18.6 Å². The fourth-order valence-electron chi connectivity index (χ4n) is 3.79. The highest BCUT2D eigenvalue weighted by Gasteiger charge is 2.23. The molecule has 9 nitrogen and oxygen atoms in total. The SMILES string of the molecule is COCCN(CC(=O)N(CCc1ccc(OC)c(OC)c1)Cc1ccc(C)o1)C(=O)Nc1ccccc1. The van der Waals surface area contributed by atoms with E-state index < -0.39 is 0 Å². The first-order valence-electron chi connectivity index (χ1n) is 12.1. The zero-order valence-corrected chi connectivity index (χ0v) is 21.9. The molecule has 1 aromatic heterocycles. The smallest absolute Gasteiger partial charge is 0.322 e. The number of carbonyl (C=O) groups excluding carboxylic acids is 2. The summed E-state index contributed by atoms with van der Waals surface area (Å²) in [6, 6.07) is 18.2. The number of urea groups is 1. The Kier molecular flexibility index (Phi) is 10.4. The van der Waals surface area contributed by atoms with Gasteiger partial charge in [0.2, 0.25) is 5.91 Å². The molecule has 0 radical (unpaired) electrons. The number of hydrogen-bond donors (Lipinski definition) is 1. The second-order valence-corrected chi connectivity index (χ2v) is 8.48. The molecule has 1 N–H and O–H groups in total. The van der Waals surface area contributed by atoms with Gasteiger partial charge in [-0.15, -0.1) is 0 Å². The van der Waals surface area contributed by atoms with Crippen molar-refractivity contribution in [1.29, 1.82) is 0 Å². The third-order valence-electron chi connectivity index (χ3n) is 5.82. The molecule has 0 aliphatic carbocycles. The van der Waals surface area contributed by atoms with Gasteiger partial charge in [0.1, 0.15) is 18.1 Å². The molecule has 0 aliphatic rings. The van der Waals surface area contributed by atoms with Crippen LogP contribution in [0.4, 0.5) is 10.5 Å². The first-order valence-corrected chi connectivity index (χ1v) is 12.1. The van der Waals surface area contributed by atoms with Crippen molar-refractivity contribution in [2.45, 2.75) is 19.9 Å². The van der Waals surface area contributed by atoms with Crippen molar-refractivity contribution in [2.24, 2.45) is 0 Å². The van der Waals surface area contributed by atoms with Gasteiger partial charge in [0, 0.05) is 25.9 Å². The van der Waals surface area contributed by atoms with E-state index in [2.05, 4.69) is 5.32 Å². The number of para-hydroxylation sites is 1. The van der Waals surface area contributed by atoms with Crippen LogP contribution >= 0.6 is 0 Å². The van der Waals surface area contributed by atoms with E-state index in [1.165, 1.54) is 4.90 Å². The van der Waals surface area contributed by atoms with E-state index in [0.717, 1.165) is 11.3 Å². The van der Waals surface area contributed by atoms with Crippen LogP contribution in [0, 0.1) is 6.92 Å². The number of nitrogens with zero attached hydrogens (tertiary/aromatic N) is 2. The molecule has 1 heterocycles. The van der Waals surface area contributed by atoms with Crippen LogP contribution in [0.3, 0.4) is 0 Å². The van der Waals surface area contributed by atoms with Gasteiger partial charge in [0.15, 0.2) is 11.5 Å². The highest BCUT2D eigenvalue weighted by molar-refractivity contribution is 5.92. The Morgan fingerprint density at radius 3 is 2.30 bits per heavy atom. The normalized spacial score (nSPS) is 10.6. The van der Waals surface area contributed by atoms with Gasteiger partial charge in [-0.2, -0.15) is 0 Å². The van der Waals surface area contributed by atoms with Crippen LogP contribution in [-0.4, -0.2) is 69.3 Å². The lowest BCUT2D eigenvalue weighted by Crippen LogP contribution is -2.46. The molecule has 0 spiro atoms. The summed E-state index contributed by atoms with van der Waals surface area (Å²) < 4.78 is 21.6. The molecule has 198 valence electrons. The highest BCUT2D eigenvalue weighted by atomic mass is 16.5. The molecule has 37 heavy (non-hydrogen) atoms. The first kappa shape index (κ1) is 27.6. The third kappa shape index (κ3) is 8.28. The predicted octanol–water partition coefficient (Wildman–Crippen LogP) is 4.36. The topological polar surface area (TPSA) is 93.5 Å². The largest absolute Gasteiger partial charge is 0.493 e. The molecular formula is C28H35N3O6. The molecule has 0 bridgehead atoms. The van der Waals surface area contributed by atoms with Crippen molar-refractivity contribution in [3.8, 4) is 11.5 Å². The van der Waals surface area contributed by atoms with E-state index >= 15 is 0 Å². The van der Waals surface area contributed by atoms with Gasteiger partial charge >= 0.3 is 6.03 Å². The van der Waals surface area contributed by atoms with Gasteiger partial charge < -0.3 is 33.7 Å². The Labute approximate surface area is 217 Å². The van der Waals surface area contributed by atoms with Crippen LogP contribution in [-0.2, 0) is 22.5 Å². The van der Waals surface area contributed by atoms with Crippen LogP contribution in [0.5, 0.6) is 11.5 Å². The number of furan rings is 1. The van der Waals surface area contributed by atoms with E-state index in [0.29, 0.717) is 49.1 Å². The molecule has 9 heteroatoms. The molecule has 0 saturated heterocycles. The summed E-state index contributed by atoms with van der Waals surface area (Å²) in [5, 5.41) is 2.85. The average Bonchev–Trinajstić information content (AvgIpc) is 3.33. The van der Waals surface area contributed by atoms with Crippen molar-refractivity contribution >= 4 is 17.6 Å². The van der Waals surface area contributed by atoms with Crippen molar-refractivity contribution in [1.82, 2.24) is 9.80 Å². The Bertz CT molecular complexity index is 1150. The van der Waals surface area contributed by atoms with E-state index in [1.54, 1.807) is 38.4 Å². The second kappa shape index (κ2) is 13.9. The van der Waals surface area contributed by atoms with Gasteiger partial charge in [0.25, 0.3) is 0 Å². The van der Waals surface area contributed by atoms with Crippen LogP contribution < -0.4 is 14.8 Å². The number of aryl methyl sites for hydroxylation is 1. The fraction of sp³-hybridized carbons (Fsp3) is 0.357. The van der Waals surface area contributed by atoms with E-state index in [-0.39, 0.29) is 25.0 Å². The number of hydrogen-bond acceptors (Lipinski definition) is 6. The molecular weight excluding hydrogens is 474 g/mol. The molecule has 0 saturated carbocycles. The van der Waals surface area contributed by atoms with E-state index in [9.17, 15) is 9.59 Å². The lowest BCUT2D eigenvalue weighted by atomic mass is 10.1. The van der Waals surface area contributed by atoms with Crippen LogP contribution in [0.1, 0.15) is 17.1 Å². The molecule has 3 rings (SSSR count). The number of amides is 3. The molecule has 0 unspecified atom stereocenters. The number of nitrogens with one attached hydrogen (secondary N) is 1. The summed E-state index contributed by atoms with van der Waals surface area (Å²) in [6.45, 7) is 3.04. The van der Waals surface area contributed by atoms with Crippen LogP contribution in [0.2, 0.25) is 0 Å². The van der Waals surface area contributed by atoms with Crippen LogP contribution in [0.25, 0.3) is 0 Å². The minimum Gasteiger partial charge on any atom is -0.493 e. The van der Waals surface area contributed by atoms with E-state index in [1.807, 2.05) is 55.5 Å². The summed E-state index contributed by atoms with van der Waals surface area (Å²) in [5.41, 5.74) is 1.64. The van der Waals surface area contributed by atoms with Gasteiger partial charge in [0.05, 0.1) is 27.4 Å². The minimum absolute atomic E-state index is 0.104.